The molecule has 1 aromatic rings. The van der Waals surface area contributed by atoms with E-state index in [-0.39, 0.29) is 6.61 Å². The quantitative estimate of drug-likeness (QED) is 0.920. The molecule has 0 spiro atoms. The monoisotopic (exact) mass is 272 g/mol. The second kappa shape index (κ2) is 5.10. The molecular weight excluding hydrogens is 257 g/mol. The maximum Gasteiger partial charge on any atom is 0.417 e. The number of likely N-dealkylation sites (N-methyl/N-ethyl adjacent to an activating group) is 1. The zero-order valence-corrected chi connectivity index (χ0v) is 10.9. The largest absolute Gasteiger partial charge is 0.417 e. The second-order valence-electron chi connectivity index (χ2n) is 4.87. The molecule has 0 aliphatic heterocycles. The first-order valence-electron chi connectivity index (χ1n) is 5.59. The molecule has 1 rings (SSSR count). The average molecular weight is 272 g/mol. The molecule has 0 fully saturated rings. The number of aliphatic hydroxyl groups is 1. The van der Waals surface area contributed by atoms with Crippen LogP contribution >= 0.6 is 0 Å². The number of alkyl halides is 3. The molecule has 6 heteroatoms. The first-order valence-corrected chi connectivity index (χ1v) is 5.59. The summed E-state index contributed by atoms with van der Waals surface area (Å²) in [4.78, 5) is 1.63. The van der Waals surface area contributed by atoms with Crippen molar-refractivity contribution in [3.8, 4) is 6.07 Å². The van der Waals surface area contributed by atoms with Crippen molar-refractivity contribution >= 4 is 5.69 Å². The molecule has 0 aromatic heterocycles. The number of nitriles is 1. The predicted octanol–water partition coefficient (Wildman–Crippen LogP) is 2.78. The summed E-state index contributed by atoms with van der Waals surface area (Å²) >= 11 is 0. The van der Waals surface area contributed by atoms with Crippen LogP contribution in [-0.2, 0) is 6.18 Å². The van der Waals surface area contributed by atoms with Gasteiger partial charge in [-0.25, -0.2) is 0 Å². The van der Waals surface area contributed by atoms with Crippen molar-refractivity contribution in [1.82, 2.24) is 0 Å². The number of rotatable bonds is 3. The molecule has 104 valence electrons. The van der Waals surface area contributed by atoms with E-state index in [2.05, 4.69) is 0 Å². The van der Waals surface area contributed by atoms with Gasteiger partial charge in [-0.05, 0) is 32.0 Å². The maximum absolute atomic E-state index is 12.7. The molecule has 0 radical (unpaired) electrons. The number of hydrogen-bond donors (Lipinski definition) is 1. The van der Waals surface area contributed by atoms with Gasteiger partial charge in [0.2, 0.25) is 0 Å². The summed E-state index contributed by atoms with van der Waals surface area (Å²) in [5.74, 6) is 0. The molecule has 0 aliphatic rings. The van der Waals surface area contributed by atoms with Crippen molar-refractivity contribution < 1.29 is 18.3 Å². The Morgan fingerprint density at radius 2 is 1.89 bits per heavy atom. The van der Waals surface area contributed by atoms with Gasteiger partial charge in [-0.1, -0.05) is 0 Å². The topological polar surface area (TPSA) is 47.3 Å². The summed E-state index contributed by atoms with van der Waals surface area (Å²) in [7, 11) is 1.65. The second-order valence-corrected chi connectivity index (χ2v) is 4.87. The predicted molar refractivity (Wildman–Crippen MR) is 65.7 cm³/mol. The molecule has 0 amide bonds. The molecule has 0 bridgehead atoms. The molecular formula is C13H15F3N2O. The van der Waals surface area contributed by atoms with Gasteiger partial charge in [0.15, 0.2) is 0 Å². The van der Waals surface area contributed by atoms with Crippen LogP contribution < -0.4 is 4.90 Å². The Morgan fingerprint density at radius 1 is 1.32 bits per heavy atom. The van der Waals surface area contributed by atoms with Gasteiger partial charge in [0.25, 0.3) is 0 Å². The van der Waals surface area contributed by atoms with Crippen LogP contribution in [0.5, 0.6) is 0 Å². The van der Waals surface area contributed by atoms with Gasteiger partial charge >= 0.3 is 6.18 Å². The number of hydrogen-bond acceptors (Lipinski definition) is 3. The van der Waals surface area contributed by atoms with Crippen LogP contribution in [0.2, 0.25) is 0 Å². The van der Waals surface area contributed by atoms with Crippen molar-refractivity contribution in [2.75, 3.05) is 18.6 Å². The van der Waals surface area contributed by atoms with Crippen molar-refractivity contribution in [3.63, 3.8) is 0 Å². The highest BCUT2D eigenvalue weighted by molar-refractivity contribution is 5.56. The minimum atomic E-state index is -4.55. The van der Waals surface area contributed by atoms with E-state index in [4.69, 9.17) is 5.26 Å². The van der Waals surface area contributed by atoms with Gasteiger partial charge in [0.1, 0.15) is 0 Å². The van der Waals surface area contributed by atoms with Crippen molar-refractivity contribution in [2.45, 2.75) is 25.6 Å². The summed E-state index contributed by atoms with van der Waals surface area (Å²) in [5.41, 5.74) is -1.56. The third-order valence-corrected chi connectivity index (χ3v) is 3.11. The SMILES string of the molecule is CN(c1ccc(C(F)(F)F)c(C#N)c1)C(C)(C)CO. The molecule has 0 heterocycles. The molecule has 3 nitrogen and oxygen atoms in total. The zero-order valence-electron chi connectivity index (χ0n) is 10.9. The molecule has 0 saturated carbocycles. The highest BCUT2D eigenvalue weighted by Crippen LogP contribution is 2.34. The average Bonchev–Trinajstić information content (AvgIpc) is 2.35. The molecule has 0 unspecified atom stereocenters. The van der Waals surface area contributed by atoms with E-state index >= 15 is 0 Å². The standard InChI is InChI=1S/C13H15F3N2O/c1-12(2,8-19)18(3)10-4-5-11(13(14,15)16)9(6-10)7-17/h4-6,19H,8H2,1-3H3. The summed E-state index contributed by atoms with van der Waals surface area (Å²) in [6, 6.07) is 4.92. The lowest BCUT2D eigenvalue weighted by Gasteiger charge is -2.36. The van der Waals surface area contributed by atoms with Gasteiger partial charge in [-0.15, -0.1) is 0 Å². The van der Waals surface area contributed by atoms with E-state index < -0.39 is 22.8 Å². The molecule has 1 aromatic carbocycles. The lowest BCUT2D eigenvalue weighted by atomic mass is 10.0. The third kappa shape index (κ3) is 3.18. The number of halogens is 3. The van der Waals surface area contributed by atoms with Crippen molar-refractivity contribution in [1.29, 1.82) is 5.26 Å². The number of anilines is 1. The third-order valence-electron chi connectivity index (χ3n) is 3.11. The van der Waals surface area contributed by atoms with Crippen LogP contribution in [0.1, 0.15) is 25.0 Å². The van der Waals surface area contributed by atoms with E-state index in [1.807, 2.05) is 0 Å². The molecule has 0 aliphatic carbocycles. The lowest BCUT2D eigenvalue weighted by Crippen LogP contribution is -2.44. The van der Waals surface area contributed by atoms with Gasteiger partial charge in [0, 0.05) is 12.7 Å². The molecule has 0 atom stereocenters. The van der Waals surface area contributed by atoms with Crippen LogP contribution in [0.25, 0.3) is 0 Å². The van der Waals surface area contributed by atoms with Gasteiger partial charge in [0.05, 0.1) is 29.3 Å². The van der Waals surface area contributed by atoms with Crippen molar-refractivity contribution in [2.24, 2.45) is 0 Å². The van der Waals surface area contributed by atoms with Gasteiger partial charge < -0.3 is 10.0 Å². The molecule has 0 saturated heterocycles. The van der Waals surface area contributed by atoms with E-state index in [0.717, 1.165) is 6.07 Å². The summed E-state index contributed by atoms with van der Waals surface area (Å²) in [5, 5.41) is 18.1. The van der Waals surface area contributed by atoms with E-state index in [9.17, 15) is 18.3 Å². The van der Waals surface area contributed by atoms with Crippen LogP contribution in [0, 0.1) is 11.3 Å². The lowest BCUT2D eigenvalue weighted by molar-refractivity contribution is -0.137. The first-order chi connectivity index (χ1) is 8.63. The minimum Gasteiger partial charge on any atom is -0.394 e. The minimum absolute atomic E-state index is 0.160. The van der Waals surface area contributed by atoms with Crippen LogP contribution in [0.3, 0.4) is 0 Å². The highest BCUT2D eigenvalue weighted by atomic mass is 19.4. The van der Waals surface area contributed by atoms with Gasteiger partial charge in [-0.3, -0.25) is 0 Å². The molecule has 19 heavy (non-hydrogen) atoms. The van der Waals surface area contributed by atoms with Crippen LogP contribution in [-0.4, -0.2) is 24.3 Å². The van der Waals surface area contributed by atoms with Crippen LogP contribution in [0.15, 0.2) is 18.2 Å². The smallest absolute Gasteiger partial charge is 0.394 e. The highest BCUT2D eigenvalue weighted by Gasteiger charge is 2.34. The summed E-state index contributed by atoms with van der Waals surface area (Å²) in [6.07, 6.45) is -4.55. The van der Waals surface area contributed by atoms with E-state index in [0.29, 0.717) is 5.69 Å². The summed E-state index contributed by atoms with van der Waals surface area (Å²) < 4.78 is 38.0. The maximum atomic E-state index is 12.7. The van der Waals surface area contributed by atoms with Crippen LogP contribution in [0.4, 0.5) is 18.9 Å². The first kappa shape index (κ1) is 15.3. The normalized spacial score (nSPS) is 12.1. The van der Waals surface area contributed by atoms with E-state index in [1.54, 1.807) is 31.9 Å². The Morgan fingerprint density at radius 3 is 2.32 bits per heavy atom. The van der Waals surface area contributed by atoms with E-state index in [1.165, 1.54) is 12.1 Å². The number of benzene rings is 1. The van der Waals surface area contributed by atoms with Crippen molar-refractivity contribution in [3.05, 3.63) is 29.3 Å². The Bertz CT molecular complexity index is 504. The Kier molecular flexibility index (Phi) is 4.11. The summed E-state index contributed by atoms with van der Waals surface area (Å²) in [6.45, 7) is 3.33. The Hall–Kier alpha value is -1.74. The molecule has 1 N–H and O–H groups in total. The fourth-order valence-corrected chi connectivity index (χ4v) is 1.54. The Balaban J connectivity index is 3.26. The fourth-order valence-electron chi connectivity index (χ4n) is 1.54. The Labute approximate surface area is 109 Å². The fraction of sp³-hybridized carbons (Fsp3) is 0.462. The van der Waals surface area contributed by atoms with Gasteiger partial charge in [-0.2, -0.15) is 18.4 Å². The zero-order chi connectivity index (χ0) is 14.8. The number of aliphatic hydroxyl groups excluding tert-OH is 1. The number of nitrogens with zero attached hydrogens (tertiary/aromatic N) is 2.